The third-order valence-corrected chi connectivity index (χ3v) is 3.35. The SMILES string of the molecule is N#CCCN(Cc1cccnc1)c1ccccc1CCl. The average Bonchev–Trinajstić information content (AvgIpc) is 2.52. The predicted molar refractivity (Wildman–Crippen MR) is 81.5 cm³/mol. The van der Waals surface area contributed by atoms with Crippen molar-refractivity contribution < 1.29 is 0 Å². The van der Waals surface area contributed by atoms with Gasteiger partial charge in [0, 0.05) is 37.1 Å². The van der Waals surface area contributed by atoms with Gasteiger partial charge in [0.1, 0.15) is 0 Å². The Morgan fingerprint density at radius 2 is 2.05 bits per heavy atom. The van der Waals surface area contributed by atoms with Gasteiger partial charge in [0.05, 0.1) is 12.5 Å². The fourth-order valence-electron chi connectivity index (χ4n) is 2.11. The van der Waals surface area contributed by atoms with E-state index in [2.05, 4.69) is 16.0 Å². The lowest BCUT2D eigenvalue weighted by Gasteiger charge is -2.26. The molecule has 0 bridgehead atoms. The summed E-state index contributed by atoms with van der Waals surface area (Å²) >= 11 is 6.01. The van der Waals surface area contributed by atoms with E-state index in [0.717, 1.165) is 23.4 Å². The molecule has 0 aliphatic heterocycles. The minimum absolute atomic E-state index is 0.465. The molecule has 4 heteroatoms. The maximum atomic E-state index is 8.84. The number of aromatic nitrogens is 1. The Morgan fingerprint density at radius 3 is 2.75 bits per heavy atom. The highest BCUT2D eigenvalue weighted by Gasteiger charge is 2.11. The number of hydrogen-bond donors (Lipinski definition) is 0. The van der Waals surface area contributed by atoms with Crippen molar-refractivity contribution in [1.29, 1.82) is 5.26 Å². The van der Waals surface area contributed by atoms with Crippen molar-refractivity contribution in [1.82, 2.24) is 4.98 Å². The Kier molecular flexibility index (Phi) is 5.40. The highest BCUT2D eigenvalue weighted by Crippen LogP contribution is 2.24. The molecule has 0 saturated heterocycles. The van der Waals surface area contributed by atoms with E-state index in [1.54, 1.807) is 6.20 Å². The molecule has 0 N–H and O–H groups in total. The zero-order valence-electron chi connectivity index (χ0n) is 11.2. The molecule has 1 aromatic heterocycles. The van der Waals surface area contributed by atoms with Crippen LogP contribution >= 0.6 is 11.6 Å². The lowest BCUT2D eigenvalue weighted by molar-refractivity contribution is 0.791. The largest absolute Gasteiger partial charge is 0.366 e. The molecule has 0 radical (unpaired) electrons. The number of alkyl halides is 1. The molecule has 102 valence electrons. The molecular weight excluding hydrogens is 270 g/mol. The fourth-order valence-corrected chi connectivity index (χ4v) is 2.34. The van der Waals surface area contributed by atoms with E-state index in [4.69, 9.17) is 16.9 Å². The van der Waals surface area contributed by atoms with Crippen LogP contribution in [0.25, 0.3) is 0 Å². The summed E-state index contributed by atoms with van der Waals surface area (Å²) in [6, 6.07) is 14.2. The molecule has 0 saturated carbocycles. The lowest BCUT2D eigenvalue weighted by Crippen LogP contribution is -2.24. The third-order valence-electron chi connectivity index (χ3n) is 3.07. The van der Waals surface area contributed by atoms with Crippen LogP contribution in [0, 0.1) is 11.3 Å². The minimum atomic E-state index is 0.465. The molecule has 0 amide bonds. The first kappa shape index (κ1) is 14.4. The number of hydrogen-bond acceptors (Lipinski definition) is 3. The summed E-state index contributed by atoms with van der Waals surface area (Å²) in [5.74, 6) is 0.465. The van der Waals surface area contributed by atoms with Gasteiger partial charge < -0.3 is 4.90 Å². The van der Waals surface area contributed by atoms with Crippen LogP contribution in [-0.4, -0.2) is 11.5 Å². The lowest BCUT2D eigenvalue weighted by atomic mass is 10.1. The molecule has 0 atom stereocenters. The number of anilines is 1. The van der Waals surface area contributed by atoms with Crippen molar-refractivity contribution in [2.75, 3.05) is 11.4 Å². The molecular formula is C16H16ClN3. The Bertz CT molecular complexity index is 578. The maximum absolute atomic E-state index is 8.84. The van der Waals surface area contributed by atoms with Crippen LogP contribution in [0.4, 0.5) is 5.69 Å². The molecule has 2 aromatic rings. The Morgan fingerprint density at radius 1 is 1.20 bits per heavy atom. The Hall–Kier alpha value is -2.05. The predicted octanol–water partition coefficient (Wildman–Crippen LogP) is 3.74. The van der Waals surface area contributed by atoms with Crippen LogP contribution in [0.1, 0.15) is 17.5 Å². The summed E-state index contributed by atoms with van der Waals surface area (Å²) in [6.45, 7) is 1.41. The highest BCUT2D eigenvalue weighted by atomic mass is 35.5. The normalized spacial score (nSPS) is 10.0. The minimum Gasteiger partial charge on any atom is -0.366 e. The average molecular weight is 286 g/mol. The van der Waals surface area contributed by atoms with Gasteiger partial charge in [-0.2, -0.15) is 5.26 Å². The summed E-state index contributed by atoms with van der Waals surface area (Å²) in [7, 11) is 0. The molecule has 0 aliphatic rings. The molecule has 0 fully saturated rings. The first-order valence-electron chi connectivity index (χ1n) is 6.50. The molecule has 0 unspecified atom stereocenters. The molecule has 20 heavy (non-hydrogen) atoms. The van der Waals surface area contributed by atoms with Crippen LogP contribution in [-0.2, 0) is 12.4 Å². The Labute approximate surface area is 124 Å². The van der Waals surface area contributed by atoms with Crippen LogP contribution in [0.3, 0.4) is 0 Å². The van der Waals surface area contributed by atoms with Gasteiger partial charge in [0.25, 0.3) is 0 Å². The van der Waals surface area contributed by atoms with Gasteiger partial charge in [0.15, 0.2) is 0 Å². The maximum Gasteiger partial charge on any atom is 0.0640 e. The number of para-hydroxylation sites is 1. The first-order valence-corrected chi connectivity index (χ1v) is 7.03. The number of halogens is 1. The van der Waals surface area contributed by atoms with Crippen LogP contribution in [0.5, 0.6) is 0 Å². The van der Waals surface area contributed by atoms with Gasteiger partial charge in [-0.3, -0.25) is 4.98 Å². The van der Waals surface area contributed by atoms with Crippen molar-refractivity contribution in [3.8, 4) is 6.07 Å². The highest BCUT2D eigenvalue weighted by molar-refractivity contribution is 6.17. The van der Waals surface area contributed by atoms with Crippen molar-refractivity contribution >= 4 is 17.3 Å². The number of rotatable bonds is 6. The van der Waals surface area contributed by atoms with E-state index < -0.39 is 0 Å². The smallest absolute Gasteiger partial charge is 0.0640 e. The summed E-state index contributed by atoms with van der Waals surface area (Å²) in [5.41, 5.74) is 3.28. The zero-order valence-corrected chi connectivity index (χ0v) is 11.9. The zero-order chi connectivity index (χ0) is 14.2. The molecule has 1 aromatic carbocycles. The second kappa shape index (κ2) is 7.52. The fraction of sp³-hybridized carbons (Fsp3) is 0.250. The molecule has 3 nitrogen and oxygen atoms in total. The van der Waals surface area contributed by atoms with Crippen molar-refractivity contribution in [2.45, 2.75) is 18.8 Å². The van der Waals surface area contributed by atoms with Crippen LogP contribution in [0.15, 0.2) is 48.8 Å². The van der Waals surface area contributed by atoms with E-state index in [9.17, 15) is 0 Å². The summed E-state index contributed by atoms with van der Waals surface area (Å²) < 4.78 is 0. The van der Waals surface area contributed by atoms with Crippen molar-refractivity contribution in [3.63, 3.8) is 0 Å². The van der Waals surface area contributed by atoms with E-state index in [1.807, 2.05) is 42.6 Å². The molecule has 1 heterocycles. The van der Waals surface area contributed by atoms with Gasteiger partial charge >= 0.3 is 0 Å². The van der Waals surface area contributed by atoms with E-state index in [-0.39, 0.29) is 0 Å². The van der Waals surface area contributed by atoms with Gasteiger partial charge in [-0.1, -0.05) is 24.3 Å². The first-order chi connectivity index (χ1) is 9.85. The Balaban J connectivity index is 2.25. The molecule has 0 spiro atoms. The number of benzene rings is 1. The number of pyridine rings is 1. The van der Waals surface area contributed by atoms with Gasteiger partial charge in [-0.05, 0) is 23.3 Å². The topological polar surface area (TPSA) is 39.9 Å². The van der Waals surface area contributed by atoms with E-state index in [0.29, 0.717) is 18.8 Å². The van der Waals surface area contributed by atoms with E-state index in [1.165, 1.54) is 0 Å². The van der Waals surface area contributed by atoms with E-state index >= 15 is 0 Å². The second-order valence-corrected chi connectivity index (χ2v) is 4.72. The van der Waals surface area contributed by atoms with Crippen LogP contribution < -0.4 is 4.90 Å². The summed E-state index contributed by atoms with van der Waals surface area (Å²) in [6.07, 6.45) is 4.09. The summed E-state index contributed by atoms with van der Waals surface area (Å²) in [4.78, 5) is 6.32. The van der Waals surface area contributed by atoms with Gasteiger partial charge in [-0.25, -0.2) is 0 Å². The monoisotopic (exact) mass is 285 g/mol. The van der Waals surface area contributed by atoms with Gasteiger partial charge in [-0.15, -0.1) is 11.6 Å². The van der Waals surface area contributed by atoms with Crippen LogP contribution in [0.2, 0.25) is 0 Å². The van der Waals surface area contributed by atoms with Gasteiger partial charge in [0.2, 0.25) is 0 Å². The third kappa shape index (κ3) is 3.72. The van der Waals surface area contributed by atoms with Crippen molar-refractivity contribution in [3.05, 3.63) is 59.9 Å². The summed E-state index contributed by atoms with van der Waals surface area (Å²) in [5, 5.41) is 8.84. The number of nitrogens with zero attached hydrogens (tertiary/aromatic N) is 3. The molecule has 2 rings (SSSR count). The standard InChI is InChI=1S/C16H16ClN3/c17-11-15-6-1-2-7-16(15)20(10-4-8-18)13-14-5-3-9-19-12-14/h1-3,5-7,9,12H,4,10-11,13H2. The van der Waals surface area contributed by atoms with Crippen molar-refractivity contribution in [2.24, 2.45) is 0 Å². The quantitative estimate of drug-likeness (QED) is 0.759. The molecule has 0 aliphatic carbocycles. The second-order valence-electron chi connectivity index (χ2n) is 4.45. The number of nitriles is 1.